The van der Waals surface area contributed by atoms with E-state index in [-0.39, 0.29) is 0 Å². The van der Waals surface area contributed by atoms with Crippen molar-refractivity contribution < 1.29 is 18.3 Å². The van der Waals surface area contributed by atoms with Gasteiger partial charge >= 0.3 is 12.0 Å². The van der Waals surface area contributed by atoms with Gasteiger partial charge < -0.3 is 10.1 Å². The minimum atomic E-state index is -3.10. The first-order chi connectivity index (χ1) is 7.49. The minimum Gasteiger partial charge on any atom is -0.443 e. The van der Waals surface area contributed by atoms with Crippen LogP contribution in [0.2, 0.25) is 0 Å². The highest BCUT2D eigenvalue weighted by atomic mass is 79.9. The summed E-state index contributed by atoms with van der Waals surface area (Å²) in [7, 11) is 0. The van der Waals surface area contributed by atoms with Gasteiger partial charge in [-0.2, -0.15) is 0 Å². The lowest BCUT2D eigenvalue weighted by atomic mass is 10.0. The van der Waals surface area contributed by atoms with Crippen LogP contribution in [0.3, 0.4) is 0 Å². The number of benzene rings is 1. The summed E-state index contributed by atoms with van der Waals surface area (Å²) in [6.07, 6.45) is -0.823. The average Bonchev–Trinajstić information content (AvgIpc) is 2.22. The molecule has 86 valence electrons. The van der Waals surface area contributed by atoms with Crippen molar-refractivity contribution in [3.63, 3.8) is 0 Å². The van der Waals surface area contributed by atoms with Gasteiger partial charge in [-0.1, -0.05) is 28.1 Å². The van der Waals surface area contributed by atoms with E-state index >= 15 is 0 Å². The Morgan fingerprint density at radius 1 is 1.50 bits per heavy atom. The third-order valence-corrected chi connectivity index (χ3v) is 2.76. The highest BCUT2D eigenvalue weighted by Gasteiger charge is 2.46. The van der Waals surface area contributed by atoms with Crippen LogP contribution in [0, 0.1) is 0 Å². The third-order valence-electron chi connectivity index (χ3n) is 2.26. The van der Waals surface area contributed by atoms with E-state index in [4.69, 9.17) is 0 Å². The lowest BCUT2D eigenvalue weighted by Crippen LogP contribution is -2.49. The summed E-state index contributed by atoms with van der Waals surface area (Å²) < 4.78 is 32.0. The number of nitrogens with one attached hydrogen (secondary N) is 1. The molecule has 1 fully saturated rings. The number of hydrogen-bond donors (Lipinski definition) is 1. The zero-order valence-electron chi connectivity index (χ0n) is 8.04. The van der Waals surface area contributed by atoms with E-state index in [1.54, 1.807) is 18.2 Å². The van der Waals surface area contributed by atoms with E-state index in [9.17, 15) is 13.6 Å². The van der Waals surface area contributed by atoms with Crippen molar-refractivity contribution in [2.24, 2.45) is 0 Å². The maximum absolute atomic E-state index is 13.5. The largest absolute Gasteiger partial charge is 0.443 e. The van der Waals surface area contributed by atoms with Crippen LogP contribution < -0.4 is 5.32 Å². The van der Waals surface area contributed by atoms with Crippen LogP contribution in [0.25, 0.3) is 0 Å². The Hall–Kier alpha value is -1.17. The average molecular weight is 292 g/mol. The fourth-order valence-corrected chi connectivity index (χ4v) is 1.94. The lowest BCUT2D eigenvalue weighted by Gasteiger charge is -2.31. The second-order valence-electron chi connectivity index (χ2n) is 3.47. The summed E-state index contributed by atoms with van der Waals surface area (Å²) in [5.74, 6) is -3.10. The van der Waals surface area contributed by atoms with Crippen LogP contribution in [0.4, 0.5) is 13.6 Å². The van der Waals surface area contributed by atoms with Gasteiger partial charge in [0, 0.05) is 4.47 Å². The molecule has 0 saturated carbocycles. The van der Waals surface area contributed by atoms with Gasteiger partial charge in [-0.25, -0.2) is 13.6 Å². The molecule has 1 aliphatic rings. The third kappa shape index (κ3) is 2.16. The van der Waals surface area contributed by atoms with E-state index in [1.807, 2.05) is 0 Å². The molecule has 3 nitrogen and oxygen atoms in total. The molecule has 0 aliphatic carbocycles. The number of rotatable bonds is 1. The van der Waals surface area contributed by atoms with Gasteiger partial charge in [-0.05, 0) is 17.7 Å². The summed E-state index contributed by atoms with van der Waals surface area (Å²) in [6, 6.07) is 5.10. The first-order valence-electron chi connectivity index (χ1n) is 4.55. The molecule has 6 heteroatoms. The number of cyclic esters (lactones) is 1. The molecule has 16 heavy (non-hydrogen) atoms. The molecule has 1 heterocycles. The molecule has 1 aromatic rings. The van der Waals surface area contributed by atoms with E-state index < -0.39 is 24.7 Å². The minimum absolute atomic E-state index is 0.344. The molecule has 1 saturated heterocycles. The topological polar surface area (TPSA) is 38.3 Å². The maximum atomic E-state index is 13.5. The molecule has 1 aromatic carbocycles. The number of halogens is 3. The quantitative estimate of drug-likeness (QED) is 0.864. The summed E-state index contributed by atoms with van der Waals surface area (Å²) >= 11 is 3.19. The summed E-state index contributed by atoms with van der Waals surface area (Å²) in [5.41, 5.74) is 0.344. The molecule has 2 rings (SSSR count). The van der Waals surface area contributed by atoms with Crippen LogP contribution in [0.5, 0.6) is 0 Å². The zero-order chi connectivity index (χ0) is 11.8. The Labute approximate surface area is 98.9 Å². The Morgan fingerprint density at radius 3 is 2.94 bits per heavy atom. The van der Waals surface area contributed by atoms with Gasteiger partial charge in [0.15, 0.2) is 6.61 Å². The fourth-order valence-electron chi connectivity index (χ4n) is 1.52. The molecule has 0 aromatic heterocycles. The van der Waals surface area contributed by atoms with Gasteiger partial charge in [-0.15, -0.1) is 0 Å². The summed E-state index contributed by atoms with van der Waals surface area (Å²) in [4.78, 5) is 10.9. The fraction of sp³-hybridized carbons (Fsp3) is 0.300. The molecule has 1 aliphatic heterocycles. The van der Waals surface area contributed by atoms with Gasteiger partial charge in [-0.3, -0.25) is 0 Å². The molecule has 0 radical (unpaired) electrons. The van der Waals surface area contributed by atoms with Crippen LogP contribution in [-0.2, 0) is 4.74 Å². The molecule has 0 unspecified atom stereocenters. The first-order valence-corrected chi connectivity index (χ1v) is 5.35. The second kappa shape index (κ2) is 4.01. The van der Waals surface area contributed by atoms with Gasteiger partial charge in [0.1, 0.15) is 6.04 Å². The number of ether oxygens (including phenoxy) is 1. The van der Waals surface area contributed by atoms with Crippen LogP contribution in [0.1, 0.15) is 11.6 Å². The Balaban J connectivity index is 2.33. The highest BCUT2D eigenvalue weighted by molar-refractivity contribution is 9.10. The SMILES string of the molecule is O=C1N[C@H](c2cccc(Br)c2)C(F)(F)CO1. The van der Waals surface area contributed by atoms with Crippen molar-refractivity contribution in [1.82, 2.24) is 5.32 Å². The second-order valence-corrected chi connectivity index (χ2v) is 4.39. The number of carbonyl (C=O) groups excluding carboxylic acids is 1. The van der Waals surface area contributed by atoms with Crippen molar-refractivity contribution in [3.8, 4) is 0 Å². The van der Waals surface area contributed by atoms with E-state index in [1.165, 1.54) is 6.07 Å². The molecular weight excluding hydrogens is 284 g/mol. The normalized spacial score (nSPS) is 23.4. The number of amides is 1. The van der Waals surface area contributed by atoms with E-state index in [0.29, 0.717) is 10.0 Å². The lowest BCUT2D eigenvalue weighted by molar-refractivity contribution is -0.104. The van der Waals surface area contributed by atoms with Crippen molar-refractivity contribution in [1.29, 1.82) is 0 Å². The smallest absolute Gasteiger partial charge is 0.408 e. The predicted molar refractivity (Wildman–Crippen MR) is 56.3 cm³/mol. The van der Waals surface area contributed by atoms with E-state index in [0.717, 1.165) is 0 Å². The maximum Gasteiger partial charge on any atom is 0.408 e. The highest BCUT2D eigenvalue weighted by Crippen LogP contribution is 2.35. The van der Waals surface area contributed by atoms with Gasteiger partial charge in [0.2, 0.25) is 0 Å². The first kappa shape index (κ1) is 11.3. The zero-order valence-corrected chi connectivity index (χ0v) is 9.63. The Kier molecular flexibility index (Phi) is 2.84. The van der Waals surface area contributed by atoms with Crippen LogP contribution in [-0.4, -0.2) is 18.6 Å². The van der Waals surface area contributed by atoms with E-state index in [2.05, 4.69) is 26.0 Å². The molecule has 1 amide bonds. The molecule has 0 spiro atoms. The van der Waals surface area contributed by atoms with Crippen LogP contribution in [0.15, 0.2) is 28.7 Å². The number of carbonyl (C=O) groups is 1. The van der Waals surface area contributed by atoms with Crippen molar-refractivity contribution >= 4 is 22.0 Å². The molecule has 0 bridgehead atoms. The summed E-state index contributed by atoms with van der Waals surface area (Å²) in [5, 5.41) is 2.12. The summed E-state index contributed by atoms with van der Waals surface area (Å²) in [6.45, 7) is -0.893. The standard InChI is InChI=1S/C10H8BrF2NO2/c11-7-3-1-2-6(4-7)8-10(12,13)5-16-9(15)14-8/h1-4,8H,5H2,(H,14,15)/t8-/m1/s1. The van der Waals surface area contributed by atoms with Crippen LogP contribution >= 0.6 is 15.9 Å². The number of alkyl halides is 2. The van der Waals surface area contributed by atoms with Gasteiger partial charge in [0.05, 0.1) is 0 Å². The molecule has 1 N–H and O–H groups in total. The molecule has 1 atom stereocenters. The predicted octanol–water partition coefficient (Wildman–Crippen LogP) is 2.87. The van der Waals surface area contributed by atoms with Crippen molar-refractivity contribution in [2.75, 3.05) is 6.61 Å². The molecular formula is C10H8BrF2NO2. The Bertz CT molecular complexity index is 425. The number of hydrogen-bond acceptors (Lipinski definition) is 2. The van der Waals surface area contributed by atoms with Crippen molar-refractivity contribution in [2.45, 2.75) is 12.0 Å². The Morgan fingerprint density at radius 2 is 2.25 bits per heavy atom. The monoisotopic (exact) mass is 291 g/mol. The van der Waals surface area contributed by atoms with Gasteiger partial charge in [0.25, 0.3) is 0 Å². The van der Waals surface area contributed by atoms with Crippen molar-refractivity contribution in [3.05, 3.63) is 34.3 Å². The number of alkyl carbamates (subject to hydrolysis) is 1.